The molecular weight excluding hydrogens is 524 g/mol. The Hall–Kier alpha value is -0.870. The van der Waals surface area contributed by atoms with Gasteiger partial charge in [0.1, 0.15) is 6.10 Å². The van der Waals surface area contributed by atoms with E-state index in [1.54, 1.807) is 6.08 Å². The zero-order valence-electron chi connectivity index (χ0n) is 26.5. The highest BCUT2D eigenvalue weighted by Gasteiger charge is 2.73. The van der Waals surface area contributed by atoms with Crippen molar-refractivity contribution in [1.29, 1.82) is 0 Å². The molecule has 0 unspecified atom stereocenters. The van der Waals surface area contributed by atoms with Crippen LogP contribution < -0.4 is 0 Å². The predicted octanol–water partition coefficient (Wildman–Crippen LogP) is 4.42. The smallest absolute Gasteiger partial charge is 0.164 e. The Bertz CT molecular complexity index is 1140. The SMILES string of the molecule is CC(C)(O)CC[C@H]1OC(C)(C)O[C@]1(C)[C@H]1CC[C@@]2(O)C3=CC(=O)[C@@H]4C[C@@H](O)[C@H]5OC(C)(C)O[C@H]5[C@]4(C)[C@H]3CC[C@]12C. The molecule has 0 aromatic carbocycles. The molecular formula is C33H52O8. The van der Waals surface area contributed by atoms with Gasteiger partial charge in [0.05, 0.1) is 35.1 Å². The quantitative estimate of drug-likeness (QED) is 0.451. The van der Waals surface area contributed by atoms with Gasteiger partial charge < -0.3 is 34.3 Å². The fraction of sp³-hybridized carbons (Fsp3) is 0.909. The largest absolute Gasteiger partial charge is 0.390 e. The Kier molecular flexibility index (Phi) is 6.52. The number of aliphatic hydroxyl groups is 3. The van der Waals surface area contributed by atoms with Gasteiger partial charge in [0.2, 0.25) is 0 Å². The fourth-order valence-electron chi connectivity index (χ4n) is 10.5. The van der Waals surface area contributed by atoms with Gasteiger partial charge in [0.15, 0.2) is 17.4 Å². The Morgan fingerprint density at radius 2 is 1.63 bits per heavy atom. The number of hydrogen-bond donors (Lipinski definition) is 3. The van der Waals surface area contributed by atoms with E-state index in [4.69, 9.17) is 18.9 Å². The topological polar surface area (TPSA) is 115 Å². The highest BCUT2D eigenvalue weighted by atomic mass is 16.8. The summed E-state index contributed by atoms with van der Waals surface area (Å²) in [4.78, 5) is 13.9. The van der Waals surface area contributed by atoms with Gasteiger partial charge in [-0.25, -0.2) is 0 Å². The Labute approximate surface area is 245 Å². The second-order valence-corrected chi connectivity index (χ2v) is 16.3. The number of aliphatic hydroxyl groups excluding tert-OH is 1. The summed E-state index contributed by atoms with van der Waals surface area (Å²) in [7, 11) is 0. The van der Waals surface area contributed by atoms with Crippen molar-refractivity contribution in [3.8, 4) is 0 Å². The summed E-state index contributed by atoms with van der Waals surface area (Å²) in [6, 6.07) is 0. The third-order valence-corrected chi connectivity index (χ3v) is 12.3. The molecule has 2 heterocycles. The molecule has 6 rings (SSSR count). The average Bonchev–Trinajstić information content (AvgIpc) is 3.40. The molecule has 3 saturated carbocycles. The molecule has 41 heavy (non-hydrogen) atoms. The van der Waals surface area contributed by atoms with Gasteiger partial charge in [-0.05, 0) is 117 Å². The molecule has 2 aliphatic heterocycles. The molecule has 0 amide bonds. The van der Waals surface area contributed by atoms with E-state index in [1.165, 1.54) is 0 Å². The van der Waals surface area contributed by atoms with E-state index in [0.29, 0.717) is 25.7 Å². The minimum absolute atomic E-state index is 0.0121. The molecule has 0 aromatic heterocycles. The van der Waals surface area contributed by atoms with Crippen LogP contribution in [0, 0.1) is 28.6 Å². The van der Waals surface area contributed by atoms with Crippen LogP contribution >= 0.6 is 0 Å². The van der Waals surface area contributed by atoms with Crippen molar-refractivity contribution in [1.82, 2.24) is 0 Å². The van der Waals surface area contributed by atoms with Gasteiger partial charge >= 0.3 is 0 Å². The van der Waals surface area contributed by atoms with E-state index < -0.39 is 57.5 Å². The first-order valence-corrected chi connectivity index (χ1v) is 15.8. The van der Waals surface area contributed by atoms with E-state index >= 15 is 0 Å². The maximum atomic E-state index is 13.9. The standard InChI is InChI=1S/C33H52O8/c1-27(2,36)13-12-24-32(9,41-29(5,6)38-24)23-11-15-33(37)19-16-21(34)20-17-22(35)25-26(40-28(3,4)39-25)31(20,8)18(19)10-14-30(23,33)7/h16,18,20,22-26,35-37H,10-15,17H2,1-9H3/t18-,20-,22+,23-,24+,25+,26+,30+,31+,32+,33+/m0/s1. The van der Waals surface area contributed by atoms with Crippen molar-refractivity contribution in [2.24, 2.45) is 28.6 Å². The molecule has 5 fully saturated rings. The monoisotopic (exact) mass is 576 g/mol. The lowest BCUT2D eigenvalue weighted by atomic mass is 9.45. The van der Waals surface area contributed by atoms with Crippen molar-refractivity contribution in [2.45, 2.75) is 160 Å². The first kappa shape index (κ1) is 30.2. The van der Waals surface area contributed by atoms with Gasteiger partial charge in [0, 0.05) is 16.7 Å². The lowest BCUT2D eigenvalue weighted by molar-refractivity contribution is -0.197. The van der Waals surface area contributed by atoms with Crippen molar-refractivity contribution in [3.63, 3.8) is 0 Å². The summed E-state index contributed by atoms with van der Waals surface area (Å²) in [5.74, 6) is -2.11. The summed E-state index contributed by atoms with van der Waals surface area (Å²) >= 11 is 0. The van der Waals surface area contributed by atoms with E-state index in [9.17, 15) is 20.1 Å². The summed E-state index contributed by atoms with van der Waals surface area (Å²) in [5, 5.41) is 34.3. The summed E-state index contributed by atoms with van der Waals surface area (Å²) in [6.07, 6.45) is 4.23. The van der Waals surface area contributed by atoms with Crippen LogP contribution in [0.3, 0.4) is 0 Å². The number of ketones is 1. The van der Waals surface area contributed by atoms with Crippen LogP contribution in [-0.4, -0.2) is 73.9 Å². The third kappa shape index (κ3) is 4.22. The lowest BCUT2D eigenvalue weighted by Crippen LogP contribution is -2.66. The van der Waals surface area contributed by atoms with Gasteiger partial charge in [0.25, 0.3) is 0 Å². The van der Waals surface area contributed by atoms with E-state index in [2.05, 4.69) is 20.8 Å². The van der Waals surface area contributed by atoms with Gasteiger partial charge in [-0.2, -0.15) is 0 Å². The van der Waals surface area contributed by atoms with E-state index in [1.807, 2.05) is 41.5 Å². The highest BCUT2D eigenvalue weighted by molar-refractivity contribution is 5.95. The second kappa shape index (κ2) is 8.86. The maximum absolute atomic E-state index is 13.9. The maximum Gasteiger partial charge on any atom is 0.164 e. The third-order valence-electron chi connectivity index (χ3n) is 12.3. The van der Waals surface area contributed by atoms with Crippen molar-refractivity contribution < 1.29 is 39.1 Å². The molecule has 8 heteroatoms. The zero-order valence-corrected chi connectivity index (χ0v) is 26.5. The molecule has 0 bridgehead atoms. The van der Waals surface area contributed by atoms with E-state index in [-0.39, 0.29) is 29.6 Å². The molecule has 0 aromatic rings. The molecule has 4 aliphatic carbocycles. The molecule has 232 valence electrons. The van der Waals surface area contributed by atoms with Crippen molar-refractivity contribution in [3.05, 3.63) is 11.6 Å². The fourth-order valence-corrected chi connectivity index (χ4v) is 10.5. The van der Waals surface area contributed by atoms with Crippen molar-refractivity contribution in [2.75, 3.05) is 0 Å². The number of carbonyl (C=O) groups is 1. The molecule has 3 N–H and O–H groups in total. The zero-order chi connectivity index (χ0) is 30.2. The van der Waals surface area contributed by atoms with Gasteiger partial charge in [-0.3, -0.25) is 4.79 Å². The number of ether oxygens (including phenoxy) is 4. The molecule has 0 spiro atoms. The molecule has 0 radical (unpaired) electrons. The minimum Gasteiger partial charge on any atom is -0.390 e. The van der Waals surface area contributed by atoms with Crippen LogP contribution in [0.5, 0.6) is 0 Å². The van der Waals surface area contributed by atoms with Crippen LogP contribution in [0.4, 0.5) is 0 Å². The second-order valence-electron chi connectivity index (χ2n) is 16.3. The number of rotatable bonds is 4. The minimum atomic E-state index is -1.18. The first-order valence-electron chi connectivity index (χ1n) is 15.8. The Balaban J connectivity index is 1.37. The molecule has 11 atom stereocenters. The molecule has 8 nitrogen and oxygen atoms in total. The Morgan fingerprint density at radius 1 is 0.951 bits per heavy atom. The number of hydrogen-bond acceptors (Lipinski definition) is 8. The van der Waals surface area contributed by atoms with Gasteiger partial charge in [-0.15, -0.1) is 0 Å². The summed E-state index contributed by atoms with van der Waals surface area (Å²) in [5.41, 5.74) is -2.97. The number of carbonyl (C=O) groups excluding carboxylic acids is 1. The predicted molar refractivity (Wildman–Crippen MR) is 152 cm³/mol. The lowest BCUT2D eigenvalue weighted by Gasteiger charge is -2.61. The van der Waals surface area contributed by atoms with Crippen LogP contribution in [0.25, 0.3) is 0 Å². The molecule has 2 saturated heterocycles. The Morgan fingerprint density at radius 3 is 2.29 bits per heavy atom. The normalized spacial score (nSPS) is 52.0. The van der Waals surface area contributed by atoms with E-state index in [0.717, 1.165) is 24.8 Å². The molecule has 6 aliphatic rings. The summed E-state index contributed by atoms with van der Waals surface area (Å²) < 4.78 is 25.9. The highest BCUT2D eigenvalue weighted by Crippen LogP contribution is 2.70. The average molecular weight is 577 g/mol. The first-order chi connectivity index (χ1) is 18.7. The summed E-state index contributed by atoms with van der Waals surface area (Å²) in [6.45, 7) is 17.7. The number of allylic oxidation sites excluding steroid dienone is 1. The van der Waals surface area contributed by atoms with Crippen molar-refractivity contribution >= 4 is 5.78 Å². The van der Waals surface area contributed by atoms with Crippen LogP contribution in [-0.2, 0) is 23.7 Å². The van der Waals surface area contributed by atoms with Gasteiger partial charge in [-0.1, -0.05) is 13.8 Å². The van der Waals surface area contributed by atoms with Crippen LogP contribution in [0.1, 0.15) is 107 Å². The van der Waals surface area contributed by atoms with Crippen LogP contribution in [0.2, 0.25) is 0 Å². The number of fused-ring (bicyclic) bond motifs is 7. The van der Waals surface area contributed by atoms with Crippen LogP contribution in [0.15, 0.2) is 11.6 Å².